The lowest BCUT2D eigenvalue weighted by Gasteiger charge is -2.36. The minimum atomic E-state index is -0.392. The van der Waals surface area contributed by atoms with Gasteiger partial charge in [-0.2, -0.15) is 14.6 Å². The van der Waals surface area contributed by atoms with Gasteiger partial charge in [-0.1, -0.05) is 0 Å². The van der Waals surface area contributed by atoms with Gasteiger partial charge in [-0.15, -0.1) is 5.10 Å². The first-order chi connectivity index (χ1) is 19.5. The summed E-state index contributed by atoms with van der Waals surface area (Å²) >= 11 is 0. The van der Waals surface area contributed by atoms with Crippen molar-refractivity contribution in [2.45, 2.75) is 6.54 Å². The van der Waals surface area contributed by atoms with E-state index in [2.05, 4.69) is 35.7 Å². The molecule has 5 heterocycles. The quantitative estimate of drug-likeness (QED) is 0.230. The van der Waals surface area contributed by atoms with Crippen LogP contribution < -0.4 is 21.3 Å². The van der Waals surface area contributed by atoms with E-state index in [0.717, 1.165) is 25.0 Å². The predicted octanol–water partition coefficient (Wildman–Crippen LogP) is 1.23. The molecule has 0 saturated carbocycles. The van der Waals surface area contributed by atoms with Crippen molar-refractivity contribution in [1.82, 2.24) is 44.9 Å². The van der Waals surface area contributed by atoms with Gasteiger partial charge in [0.25, 0.3) is 5.91 Å². The van der Waals surface area contributed by atoms with Crippen LogP contribution in [0.15, 0.2) is 47.2 Å². The van der Waals surface area contributed by atoms with Gasteiger partial charge in [0.05, 0.1) is 30.1 Å². The molecule has 0 radical (unpaired) electrons. The maximum atomic E-state index is 14.9. The van der Waals surface area contributed by atoms with E-state index in [4.69, 9.17) is 10.2 Å². The predicted molar refractivity (Wildman–Crippen MR) is 148 cm³/mol. The summed E-state index contributed by atoms with van der Waals surface area (Å²) < 4.78 is 23.6. The van der Waals surface area contributed by atoms with Crippen LogP contribution in [-0.2, 0) is 6.54 Å². The summed E-state index contributed by atoms with van der Waals surface area (Å²) in [6.45, 7) is 5.36. The van der Waals surface area contributed by atoms with Crippen LogP contribution in [0.1, 0.15) is 10.4 Å². The molecule has 1 aliphatic rings. The van der Waals surface area contributed by atoms with Crippen LogP contribution in [0.3, 0.4) is 0 Å². The highest BCUT2D eigenvalue weighted by Gasteiger charge is 2.22. The van der Waals surface area contributed by atoms with Crippen molar-refractivity contribution in [1.29, 1.82) is 0 Å². The molecule has 40 heavy (non-hydrogen) atoms. The molecule has 4 N–H and O–H groups in total. The summed E-state index contributed by atoms with van der Waals surface area (Å²) in [5, 5.41) is 15.4. The highest BCUT2D eigenvalue weighted by Crippen LogP contribution is 2.24. The number of carbonyl (C=O) groups is 1. The average molecular weight is 548 g/mol. The van der Waals surface area contributed by atoms with Gasteiger partial charge in [0.15, 0.2) is 17.1 Å². The van der Waals surface area contributed by atoms with Gasteiger partial charge in [0, 0.05) is 51.4 Å². The van der Waals surface area contributed by atoms with E-state index in [1.54, 1.807) is 36.7 Å². The number of aromatic nitrogens is 6. The monoisotopic (exact) mass is 547 g/mol. The number of halogens is 1. The third-order valence-corrected chi connectivity index (χ3v) is 7.05. The van der Waals surface area contributed by atoms with E-state index in [0.29, 0.717) is 66.9 Å². The number of rotatable bonds is 9. The SMILES string of the molecule is CNCCNC(=O)c1ccc(N2CCN(CCn3ncc4c3nc(N)n3nc(-c5ccco5)nc43)CC2)c(F)c1. The number of anilines is 2. The second-order valence-electron chi connectivity index (χ2n) is 9.58. The van der Waals surface area contributed by atoms with E-state index < -0.39 is 5.82 Å². The molecular formula is C26H30FN11O2. The number of nitrogens with one attached hydrogen (secondary N) is 2. The molecule has 0 bridgehead atoms. The van der Waals surface area contributed by atoms with Crippen LogP contribution in [0.2, 0.25) is 0 Å². The molecule has 4 aromatic heterocycles. The number of benzene rings is 1. The van der Waals surface area contributed by atoms with Gasteiger partial charge < -0.3 is 25.7 Å². The topological polar surface area (TPSA) is 148 Å². The Balaban J connectivity index is 1.08. The van der Waals surface area contributed by atoms with Crippen molar-refractivity contribution in [3.63, 3.8) is 0 Å². The van der Waals surface area contributed by atoms with Crippen LogP contribution in [0.5, 0.6) is 0 Å². The maximum absolute atomic E-state index is 14.9. The fourth-order valence-electron chi connectivity index (χ4n) is 4.89. The molecule has 0 atom stereocenters. The number of likely N-dealkylation sites (N-methyl/N-ethyl adjacent to an activating group) is 1. The Labute approximate surface area is 228 Å². The third-order valence-electron chi connectivity index (χ3n) is 7.05. The van der Waals surface area contributed by atoms with Crippen LogP contribution in [0.4, 0.5) is 16.0 Å². The first-order valence-electron chi connectivity index (χ1n) is 13.1. The molecule has 0 unspecified atom stereocenters. The summed E-state index contributed by atoms with van der Waals surface area (Å²) in [7, 11) is 1.81. The number of nitrogen functional groups attached to an aromatic ring is 1. The Bertz CT molecular complexity index is 1640. The molecular weight excluding hydrogens is 517 g/mol. The van der Waals surface area contributed by atoms with Crippen molar-refractivity contribution >= 4 is 34.2 Å². The Morgan fingerprint density at radius 1 is 1.10 bits per heavy atom. The van der Waals surface area contributed by atoms with E-state index in [-0.39, 0.29) is 11.9 Å². The summed E-state index contributed by atoms with van der Waals surface area (Å²) in [5.74, 6) is 0.512. The van der Waals surface area contributed by atoms with Crippen LogP contribution in [0.25, 0.3) is 28.3 Å². The number of furan rings is 1. The van der Waals surface area contributed by atoms with E-state index >= 15 is 0 Å². The van der Waals surface area contributed by atoms with Crippen molar-refractivity contribution < 1.29 is 13.6 Å². The highest BCUT2D eigenvalue weighted by atomic mass is 19.1. The van der Waals surface area contributed by atoms with Gasteiger partial charge in [-0.05, 0) is 37.4 Å². The molecule has 14 heteroatoms. The largest absolute Gasteiger partial charge is 0.461 e. The number of hydrogen-bond donors (Lipinski definition) is 3. The molecule has 1 aromatic carbocycles. The number of amides is 1. The number of hydrogen-bond acceptors (Lipinski definition) is 10. The Morgan fingerprint density at radius 3 is 2.70 bits per heavy atom. The van der Waals surface area contributed by atoms with Crippen molar-refractivity contribution in [2.24, 2.45) is 0 Å². The average Bonchev–Trinajstić information content (AvgIpc) is 3.72. The van der Waals surface area contributed by atoms with Gasteiger partial charge >= 0.3 is 0 Å². The van der Waals surface area contributed by atoms with Gasteiger partial charge in [-0.25, -0.2) is 14.1 Å². The molecule has 0 aliphatic carbocycles. The molecule has 5 aromatic rings. The maximum Gasteiger partial charge on any atom is 0.251 e. The Kier molecular flexibility index (Phi) is 7.00. The zero-order chi connectivity index (χ0) is 27.6. The minimum Gasteiger partial charge on any atom is -0.461 e. The smallest absolute Gasteiger partial charge is 0.251 e. The van der Waals surface area contributed by atoms with Crippen LogP contribution in [-0.4, -0.2) is 93.0 Å². The molecule has 1 aliphatic heterocycles. The number of piperazine rings is 1. The molecule has 13 nitrogen and oxygen atoms in total. The van der Waals surface area contributed by atoms with E-state index in [1.165, 1.54) is 10.6 Å². The van der Waals surface area contributed by atoms with Crippen molar-refractivity contribution in [2.75, 3.05) is 63.5 Å². The van der Waals surface area contributed by atoms with Gasteiger partial charge in [0.2, 0.25) is 11.8 Å². The summed E-state index contributed by atoms with van der Waals surface area (Å²) in [5.41, 5.74) is 8.23. The van der Waals surface area contributed by atoms with Crippen LogP contribution in [0, 0.1) is 5.82 Å². The highest BCUT2D eigenvalue weighted by molar-refractivity contribution is 5.94. The number of fused-ring (bicyclic) bond motifs is 3. The van der Waals surface area contributed by atoms with Gasteiger partial charge in [-0.3, -0.25) is 9.69 Å². The molecule has 1 amide bonds. The van der Waals surface area contributed by atoms with Gasteiger partial charge in [0.1, 0.15) is 5.82 Å². The standard InChI is InChI=1S/C26H30FN11O2/c1-29-6-7-30-25(39)17-4-5-20(19(27)15-17)36-11-8-35(9-12-36)10-13-37-23-18(16-31-37)24-32-22(21-3-2-14-40-21)34-38(24)26(28)33-23/h2-5,14-16,29H,6-13H2,1H3,(H2,28,33)(H,30,39). The summed E-state index contributed by atoms with van der Waals surface area (Å²) in [4.78, 5) is 25.7. The van der Waals surface area contributed by atoms with E-state index in [9.17, 15) is 9.18 Å². The summed E-state index contributed by atoms with van der Waals surface area (Å²) in [6.07, 6.45) is 3.29. The second-order valence-corrected chi connectivity index (χ2v) is 9.58. The number of carbonyl (C=O) groups excluding carboxylic acids is 1. The lowest BCUT2D eigenvalue weighted by molar-refractivity contribution is 0.0953. The fraction of sp³-hybridized carbons (Fsp3) is 0.346. The number of nitrogens with zero attached hydrogens (tertiary/aromatic N) is 8. The molecule has 1 fully saturated rings. The van der Waals surface area contributed by atoms with Crippen LogP contribution >= 0.6 is 0 Å². The van der Waals surface area contributed by atoms with E-state index in [1.807, 2.05) is 16.6 Å². The first-order valence-corrected chi connectivity index (χ1v) is 13.1. The molecule has 208 valence electrons. The Morgan fingerprint density at radius 2 is 1.95 bits per heavy atom. The van der Waals surface area contributed by atoms with Crippen molar-refractivity contribution in [3.8, 4) is 11.6 Å². The molecule has 6 rings (SSSR count). The lowest BCUT2D eigenvalue weighted by Crippen LogP contribution is -2.47. The molecule has 0 spiro atoms. The zero-order valence-corrected chi connectivity index (χ0v) is 22.0. The Hall–Kier alpha value is -4.56. The fourth-order valence-corrected chi connectivity index (χ4v) is 4.89. The zero-order valence-electron chi connectivity index (χ0n) is 22.0. The normalized spacial score (nSPS) is 14.4. The van der Waals surface area contributed by atoms with Crippen molar-refractivity contribution in [3.05, 3.63) is 54.2 Å². The first kappa shape index (κ1) is 25.7. The third kappa shape index (κ3) is 4.94. The molecule has 1 saturated heterocycles. The lowest BCUT2D eigenvalue weighted by atomic mass is 10.1. The minimum absolute atomic E-state index is 0.215. The number of nitrogens with two attached hydrogens (primary N) is 1. The summed E-state index contributed by atoms with van der Waals surface area (Å²) in [6, 6.07) is 8.23. The second kappa shape index (κ2) is 10.9.